The maximum Gasteiger partial charge on any atom is 0.323 e. The molecule has 4 heteroatoms. The van der Waals surface area contributed by atoms with Crippen molar-refractivity contribution >= 4 is 5.97 Å². The van der Waals surface area contributed by atoms with Gasteiger partial charge in [-0.2, -0.15) is 0 Å². The number of esters is 1. The molecule has 19 heavy (non-hydrogen) atoms. The predicted molar refractivity (Wildman–Crippen MR) is 78.1 cm³/mol. The van der Waals surface area contributed by atoms with Gasteiger partial charge >= 0.3 is 5.97 Å². The zero-order valence-electron chi connectivity index (χ0n) is 13.2. The molecule has 0 radical (unpaired) electrons. The Morgan fingerprint density at radius 2 is 1.95 bits per heavy atom. The number of nitrogens with one attached hydrogen (secondary N) is 1. The van der Waals surface area contributed by atoms with E-state index in [-0.39, 0.29) is 12.0 Å². The predicted octanol–water partition coefficient (Wildman–Crippen LogP) is 2.04. The van der Waals surface area contributed by atoms with Crippen LogP contribution in [0.15, 0.2) is 0 Å². The van der Waals surface area contributed by atoms with Crippen LogP contribution in [0.1, 0.15) is 47.5 Å². The highest BCUT2D eigenvalue weighted by atomic mass is 16.6. The first-order chi connectivity index (χ1) is 8.81. The highest BCUT2D eigenvalue weighted by Crippen LogP contribution is 2.16. The molecular formula is C15H30N2O2. The molecule has 0 aliphatic carbocycles. The van der Waals surface area contributed by atoms with E-state index in [0.29, 0.717) is 5.92 Å². The summed E-state index contributed by atoms with van der Waals surface area (Å²) < 4.78 is 5.36. The Hall–Kier alpha value is -0.610. The molecule has 0 aromatic rings. The lowest BCUT2D eigenvalue weighted by molar-refractivity contribution is -0.157. The van der Waals surface area contributed by atoms with Gasteiger partial charge in [0.25, 0.3) is 0 Å². The molecule has 1 aliphatic rings. The second kappa shape index (κ2) is 7.25. The number of nitrogens with zero attached hydrogens (tertiary/aromatic N) is 1. The van der Waals surface area contributed by atoms with E-state index in [4.69, 9.17) is 4.74 Å². The summed E-state index contributed by atoms with van der Waals surface area (Å²) in [6.45, 7) is 14.2. The molecular weight excluding hydrogens is 240 g/mol. The van der Waals surface area contributed by atoms with E-state index >= 15 is 0 Å². The molecule has 0 aromatic heterocycles. The molecule has 0 amide bonds. The smallest absolute Gasteiger partial charge is 0.323 e. The van der Waals surface area contributed by atoms with Crippen molar-refractivity contribution in [2.75, 3.05) is 26.2 Å². The van der Waals surface area contributed by atoms with Gasteiger partial charge in [0.2, 0.25) is 0 Å². The van der Waals surface area contributed by atoms with Gasteiger partial charge in [-0.05, 0) is 72.6 Å². The first kappa shape index (κ1) is 16.4. The number of carbonyl (C=O) groups excluding carboxylic acids is 1. The standard InChI is InChI=1S/C15H30N2O2/c1-6-17-9-7-13(8-10-17)11-16-12(2)14(18)19-15(3,4)5/h12-13,16H,6-11H2,1-5H3. The fraction of sp³-hybridized carbons (Fsp3) is 0.933. The van der Waals surface area contributed by atoms with Crippen molar-refractivity contribution in [3.8, 4) is 0 Å². The third kappa shape index (κ3) is 6.39. The lowest BCUT2D eigenvalue weighted by atomic mass is 9.96. The fourth-order valence-corrected chi connectivity index (χ4v) is 2.32. The van der Waals surface area contributed by atoms with Crippen molar-refractivity contribution in [1.29, 1.82) is 0 Å². The zero-order chi connectivity index (χ0) is 14.5. The Morgan fingerprint density at radius 1 is 1.37 bits per heavy atom. The van der Waals surface area contributed by atoms with Crippen LogP contribution in [-0.4, -0.2) is 48.7 Å². The zero-order valence-corrected chi connectivity index (χ0v) is 13.2. The molecule has 1 aliphatic heterocycles. The normalized spacial score (nSPS) is 20.3. The van der Waals surface area contributed by atoms with Gasteiger partial charge in [0.05, 0.1) is 0 Å². The SMILES string of the molecule is CCN1CCC(CNC(C)C(=O)OC(C)(C)C)CC1. The van der Waals surface area contributed by atoms with Crippen molar-refractivity contribution < 1.29 is 9.53 Å². The van der Waals surface area contributed by atoms with Gasteiger partial charge in [0, 0.05) is 0 Å². The number of piperidine rings is 1. The second-order valence-corrected chi connectivity index (χ2v) is 6.54. The summed E-state index contributed by atoms with van der Waals surface area (Å²) in [7, 11) is 0. The lowest BCUT2D eigenvalue weighted by Gasteiger charge is -2.31. The number of rotatable bonds is 5. The highest BCUT2D eigenvalue weighted by Gasteiger charge is 2.23. The first-order valence-corrected chi connectivity index (χ1v) is 7.50. The Morgan fingerprint density at radius 3 is 2.42 bits per heavy atom. The molecule has 1 atom stereocenters. The molecule has 0 spiro atoms. The molecule has 112 valence electrons. The van der Waals surface area contributed by atoms with Crippen molar-refractivity contribution in [2.45, 2.75) is 59.1 Å². The summed E-state index contributed by atoms with van der Waals surface area (Å²) in [6.07, 6.45) is 2.45. The maximum atomic E-state index is 11.8. The van der Waals surface area contributed by atoms with E-state index in [1.54, 1.807) is 0 Å². The largest absolute Gasteiger partial charge is 0.459 e. The van der Waals surface area contributed by atoms with E-state index in [9.17, 15) is 4.79 Å². The molecule has 0 bridgehead atoms. The Bertz CT molecular complexity index is 278. The molecule has 1 heterocycles. The van der Waals surface area contributed by atoms with E-state index in [1.807, 2.05) is 27.7 Å². The summed E-state index contributed by atoms with van der Waals surface area (Å²) >= 11 is 0. The quantitative estimate of drug-likeness (QED) is 0.776. The van der Waals surface area contributed by atoms with Crippen molar-refractivity contribution in [2.24, 2.45) is 5.92 Å². The topological polar surface area (TPSA) is 41.6 Å². The van der Waals surface area contributed by atoms with Crippen molar-refractivity contribution in [1.82, 2.24) is 10.2 Å². The number of ether oxygens (including phenoxy) is 1. The molecule has 1 saturated heterocycles. The summed E-state index contributed by atoms with van der Waals surface area (Å²) in [5.74, 6) is 0.534. The molecule has 1 fully saturated rings. The van der Waals surface area contributed by atoms with E-state index in [2.05, 4.69) is 17.1 Å². The molecule has 1 N–H and O–H groups in total. The summed E-state index contributed by atoms with van der Waals surface area (Å²) in [6, 6.07) is -0.219. The summed E-state index contributed by atoms with van der Waals surface area (Å²) in [4.78, 5) is 14.3. The average molecular weight is 270 g/mol. The average Bonchev–Trinajstić information content (AvgIpc) is 2.34. The molecule has 0 aromatic carbocycles. The third-order valence-electron chi connectivity index (χ3n) is 3.63. The number of hydrogen-bond acceptors (Lipinski definition) is 4. The van der Waals surface area contributed by atoms with Crippen LogP contribution in [0.25, 0.3) is 0 Å². The van der Waals surface area contributed by atoms with E-state index in [0.717, 1.165) is 13.1 Å². The highest BCUT2D eigenvalue weighted by molar-refractivity contribution is 5.75. The van der Waals surface area contributed by atoms with Crippen LogP contribution < -0.4 is 5.32 Å². The molecule has 1 unspecified atom stereocenters. The van der Waals surface area contributed by atoms with E-state index in [1.165, 1.54) is 25.9 Å². The van der Waals surface area contributed by atoms with Crippen molar-refractivity contribution in [3.05, 3.63) is 0 Å². The number of carbonyl (C=O) groups is 1. The number of hydrogen-bond donors (Lipinski definition) is 1. The van der Waals surface area contributed by atoms with Gasteiger partial charge in [0.15, 0.2) is 0 Å². The van der Waals surface area contributed by atoms with Gasteiger partial charge < -0.3 is 15.0 Å². The maximum absolute atomic E-state index is 11.8. The van der Waals surface area contributed by atoms with Crippen LogP contribution in [0, 0.1) is 5.92 Å². The minimum absolute atomic E-state index is 0.154. The Balaban J connectivity index is 2.23. The van der Waals surface area contributed by atoms with Crippen LogP contribution in [0.3, 0.4) is 0 Å². The van der Waals surface area contributed by atoms with Crippen LogP contribution in [0.2, 0.25) is 0 Å². The van der Waals surface area contributed by atoms with Gasteiger partial charge in [-0.25, -0.2) is 0 Å². The second-order valence-electron chi connectivity index (χ2n) is 6.54. The van der Waals surface area contributed by atoms with Crippen LogP contribution in [-0.2, 0) is 9.53 Å². The van der Waals surface area contributed by atoms with Gasteiger partial charge in [-0.15, -0.1) is 0 Å². The van der Waals surface area contributed by atoms with Gasteiger partial charge in [-0.1, -0.05) is 6.92 Å². The van der Waals surface area contributed by atoms with Gasteiger partial charge in [-0.3, -0.25) is 4.79 Å². The third-order valence-corrected chi connectivity index (χ3v) is 3.63. The Kier molecular flexibility index (Phi) is 6.27. The van der Waals surface area contributed by atoms with Crippen LogP contribution >= 0.6 is 0 Å². The molecule has 4 nitrogen and oxygen atoms in total. The fourth-order valence-electron chi connectivity index (χ4n) is 2.32. The molecule has 0 saturated carbocycles. The minimum atomic E-state index is -0.403. The molecule has 1 rings (SSSR count). The Labute approximate surface area is 117 Å². The lowest BCUT2D eigenvalue weighted by Crippen LogP contribution is -2.43. The summed E-state index contributed by atoms with van der Waals surface area (Å²) in [5, 5.41) is 3.31. The van der Waals surface area contributed by atoms with Crippen molar-refractivity contribution in [3.63, 3.8) is 0 Å². The van der Waals surface area contributed by atoms with Crippen LogP contribution in [0.4, 0.5) is 0 Å². The van der Waals surface area contributed by atoms with E-state index < -0.39 is 5.60 Å². The number of likely N-dealkylation sites (tertiary alicyclic amines) is 1. The minimum Gasteiger partial charge on any atom is -0.459 e. The first-order valence-electron chi connectivity index (χ1n) is 7.50. The van der Waals surface area contributed by atoms with Crippen LogP contribution in [0.5, 0.6) is 0 Å². The summed E-state index contributed by atoms with van der Waals surface area (Å²) in [5.41, 5.74) is -0.403. The monoisotopic (exact) mass is 270 g/mol. The van der Waals surface area contributed by atoms with Gasteiger partial charge in [0.1, 0.15) is 11.6 Å².